The Morgan fingerprint density at radius 2 is 2.27 bits per heavy atom. The van der Waals surface area contributed by atoms with Crippen molar-refractivity contribution in [2.24, 2.45) is 0 Å². The summed E-state index contributed by atoms with van der Waals surface area (Å²) in [5.74, 6) is 0.872. The van der Waals surface area contributed by atoms with Crippen LogP contribution in [0.15, 0.2) is 6.20 Å². The minimum absolute atomic E-state index is 0.277. The Morgan fingerprint density at radius 1 is 1.53 bits per heavy atom. The van der Waals surface area contributed by atoms with E-state index in [2.05, 4.69) is 31.2 Å². The second kappa shape index (κ2) is 5.75. The van der Waals surface area contributed by atoms with E-state index in [-0.39, 0.29) is 6.04 Å². The van der Waals surface area contributed by atoms with Gasteiger partial charge in [0.2, 0.25) is 0 Å². The molecule has 0 aromatic carbocycles. The van der Waals surface area contributed by atoms with Crippen LogP contribution in [0.4, 0.5) is 0 Å². The maximum Gasteiger partial charge on any atom is 0.161 e. The van der Waals surface area contributed by atoms with Crippen molar-refractivity contribution in [2.45, 2.75) is 39.8 Å². The predicted octanol–water partition coefficient (Wildman–Crippen LogP) is 1.97. The van der Waals surface area contributed by atoms with Gasteiger partial charge in [-0.25, -0.2) is 0 Å². The van der Waals surface area contributed by atoms with Crippen LogP contribution in [0.1, 0.15) is 38.9 Å². The van der Waals surface area contributed by atoms with Gasteiger partial charge in [-0.3, -0.25) is 4.68 Å². The smallest absolute Gasteiger partial charge is 0.161 e. The summed E-state index contributed by atoms with van der Waals surface area (Å²) < 4.78 is 7.34. The molecule has 86 valence electrons. The van der Waals surface area contributed by atoms with Gasteiger partial charge in [-0.2, -0.15) is 5.10 Å². The van der Waals surface area contributed by atoms with E-state index in [1.807, 2.05) is 4.68 Å². The first kappa shape index (κ1) is 12.0. The van der Waals surface area contributed by atoms with Gasteiger partial charge >= 0.3 is 0 Å². The number of nitrogens with zero attached hydrogens (tertiary/aromatic N) is 2. The molecule has 4 heteroatoms. The third kappa shape index (κ3) is 2.72. The van der Waals surface area contributed by atoms with Gasteiger partial charge in [0.1, 0.15) is 0 Å². The molecule has 0 aliphatic heterocycles. The molecule has 1 aromatic heterocycles. The van der Waals surface area contributed by atoms with Gasteiger partial charge in [-0.05, 0) is 19.9 Å². The van der Waals surface area contributed by atoms with Crippen LogP contribution in [0.3, 0.4) is 0 Å². The topological polar surface area (TPSA) is 39.1 Å². The largest absolute Gasteiger partial charge is 0.493 e. The highest BCUT2D eigenvalue weighted by Crippen LogP contribution is 2.24. The Kier molecular flexibility index (Phi) is 4.62. The van der Waals surface area contributed by atoms with E-state index in [0.717, 1.165) is 31.0 Å². The van der Waals surface area contributed by atoms with Gasteiger partial charge in [0, 0.05) is 6.54 Å². The summed E-state index contributed by atoms with van der Waals surface area (Å²) in [7, 11) is 1.69. The average molecular weight is 211 g/mol. The Morgan fingerprint density at radius 3 is 2.80 bits per heavy atom. The van der Waals surface area contributed by atoms with Crippen molar-refractivity contribution in [3.63, 3.8) is 0 Å². The number of ether oxygens (including phenoxy) is 1. The van der Waals surface area contributed by atoms with E-state index in [1.54, 1.807) is 13.3 Å². The molecule has 0 bridgehead atoms. The molecule has 0 fully saturated rings. The van der Waals surface area contributed by atoms with Crippen molar-refractivity contribution in [2.75, 3.05) is 13.7 Å². The lowest BCUT2D eigenvalue weighted by molar-refractivity contribution is 0.395. The van der Waals surface area contributed by atoms with Crippen LogP contribution in [-0.2, 0) is 6.54 Å². The highest BCUT2D eigenvalue weighted by Gasteiger charge is 2.16. The number of hydrogen-bond donors (Lipinski definition) is 1. The number of rotatable bonds is 6. The van der Waals surface area contributed by atoms with Crippen molar-refractivity contribution < 1.29 is 4.74 Å². The zero-order valence-electron chi connectivity index (χ0n) is 10.1. The average Bonchev–Trinajstić information content (AvgIpc) is 2.62. The number of aryl methyl sites for hydroxylation is 1. The number of aromatic nitrogens is 2. The molecule has 1 heterocycles. The first-order valence-corrected chi connectivity index (χ1v) is 5.57. The fourth-order valence-corrected chi connectivity index (χ4v) is 1.76. The van der Waals surface area contributed by atoms with Crippen LogP contribution in [0.5, 0.6) is 5.75 Å². The summed E-state index contributed by atoms with van der Waals surface area (Å²) >= 11 is 0. The molecule has 0 spiro atoms. The molecule has 0 aliphatic rings. The van der Waals surface area contributed by atoms with Crippen molar-refractivity contribution in [3.05, 3.63) is 11.9 Å². The van der Waals surface area contributed by atoms with Crippen LogP contribution in [0.2, 0.25) is 0 Å². The van der Waals surface area contributed by atoms with E-state index >= 15 is 0 Å². The van der Waals surface area contributed by atoms with Gasteiger partial charge in [-0.15, -0.1) is 0 Å². The van der Waals surface area contributed by atoms with Crippen LogP contribution < -0.4 is 10.1 Å². The Labute approximate surface area is 91.6 Å². The third-order valence-corrected chi connectivity index (χ3v) is 2.42. The SMILES string of the molecule is CCCn1ncc(OC)c1C(C)NCC. The normalized spacial score (nSPS) is 12.8. The highest BCUT2D eigenvalue weighted by atomic mass is 16.5. The van der Waals surface area contributed by atoms with Gasteiger partial charge in [0.25, 0.3) is 0 Å². The van der Waals surface area contributed by atoms with Crippen LogP contribution in [-0.4, -0.2) is 23.4 Å². The third-order valence-electron chi connectivity index (χ3n) is 2.42. The molecular formula is C11H21N3O. The van der Waals surface area contributed by atoms with Crippen LogP contribution in [0.25, 0.3) is 0 Å². The molecule has 0 aliphatic carbocycles. The van der Waals surface area contributed by atoms with Gasteiger partial charge < -0.3 is 10.1 Å². The van der Waals surface area contributed by atoms with E-state index in [1.165, 1.54) is 0 Å². The number of hydrogen-bond acceptors (Lipinski definition) is 3. The maximum absolute atomic E-state index is 5.32. The van der Waals surface area contributed by atoms with Crippen molar-refractivity contribution in [3.8, 4) is 5.75 Å². The van der Waals surface area contributed by atoms with Gasteiger partial charge in [0.05, 0.1) is 25.0 Å². The summed E-state index contributed by atoms with van der Waals surface area (Å²) in [5, 5.41) is 7.71. The van der Waals surface area contributed by atoms with Gasteiger partial charge in [-0.1, -0.05) is 13.8 Å². The summed E-state index contributed by atoms with van der Waals surface area (Å²) in [6.07, 6.45) is 2.87. The van der Waals surface area contributed by atoms with E-state index < -0.39 is 0 Å². The molecule has 1 unspecified atom stereocenters. The Bertz CT molecular complexity index is 296. The van der Waals surface area contributed by atoms with E-state index in [0.29, 0.717) is 0 Å². The predicted molar refractivity (Wildman–Crippen MR) is 61.2 cm³/mol. The molecule has 0 amide bonds. The zero-order valence-corrected chi connectivity index (χ0v) is 10.1. The van der Waals surface area contributed by atoms with Crippen LogP contribution in [0, 0.1) is 0 Å². The summed E-state index contributed by atoms with van der Waals surface area (Å²) in [6, 6.07) is 0.277. The van der Waals surface area contributed by atoms with E-state index in [4.69, 9.17) is 4.74 Å². The lowest BCUT2D eigenvalue weighted by atomic mass is 10.2. The minimum atomic E-state index is 0.277. The molecular weight excluding hydrogens is 190 g/mol. The fourth-order valence-electron chi connectivity index (χ4n) is 1.76. The molecule has 0 radical (unpaired) electrons. The maximum atomic E-state index is 5.32. The summed E-state index contributed by atoms with van der Waals surface area (Å²) in [5.41, 5.74) is 1.14. The van der Waals surface area contributed by atoms with Gasteiger partial charge in [0.15, 0.2) is 5.75 Å². The number of methoxy groups -OCH3 is 1. The minimum Gasteiger partial charge on any atom is -0.493 e. The van der Waals surface area contributed by atoms with E-state index in [9.17, 15) is 0 Å². The molecule has 4 nitrogen and oxygen atoms in total. The second-order valence-corrected chi connectivity index (χ2v) is 3.60. The number of nitrogens with one attached hydrogen (secondary N) is 1. The first-order chi connectivity index (χ1) is 7.24. The Balaban J connectivity index is 2.93. The molecule has 1 rings (SSSR count). The Hall–Kier alpha value is -1.03. The molecule has 0 saturated heterocycles. The quantitative estimate of drug-likeness (QED) is 0.782. The van der Waals surface area contributed by atoms with Crippen molar-refractivity contribution in [1.82, 2.24) is 15.1 Å². The lowest BCUT2D eigenvalue weighted by Gasteiger charge is -2.16. The highest BCUT2D eigenvalue weighted by molar-refractivity contribution is 5.27. The molecule has 1 atom stereocenters. The molecule has 1 N–H and O–H groups in total. The van der Waals surface area contributed by atoms with Crippen molar-refractivity contribution in [1.29, 1.82) is 0 Å². The first-order valence-electron chi connectivity index (χ1n) is 5.57. The molecule has 0 saturated carbocycles. The van der Waals surface area contributed by atoms with Crippen LogP contribution >= 0.6 is 0 Å². The standard InChI is InChI=1S/C11H21N3O/c1-5-7-14-11(9(3)12-6-2)10(15-4)8-13-14/h8-9,12H,5-7H2,1-4H3. The molecule has 15 heavy (non-hydrogen) atoms. The lowest BCUT2D eigenvalue weighted by Crippen LogP contribution is -2.21. The fraction of sp³-hybridized carbons (Fsp3) is 0.727. The zero-order chi connectivity index (χ0) is 11.3. The monoisotopic (exact) mass is 211 g/mol. The summed E-state index contributed by atoms with van der Waals surface area (Å²) in [6.45, 7) is 8.27. The summed E-state index contributed by atoms with van der Waals surface area (Å²) in [4.78, 5) is 0. The molecule has 1 aromatic rings. The van der Waals surface area contributed by atoms with Crippen molar-refractivity contribution >= 4 is 0 Å². The second-order valence-electron chi connectivity index (χ2n) is 3.60.